The maximum atomic E-state index is 12.7. The molecule has 1 aliphatic heterocycles. The number of methoxy groups -OCH3 is 1. The number of nitrogens with zero attached hydrogens (tertiary/aromatic N) is 1. The summed E-state index contributed by atoms with van der Waals surface area (Å²) < 4.78 is 6.04. The van der Waals surface area contributed by atoms with E-state index in [1.807, 2.05) is 18.2 Å². The molecule has 1 aromatic rings. The Hall–Kier alpha value is -1.03. The van der Waals surface area contributed by atoms with Gasteiger partial charge in [0.15, 0.2) is 0 Å². The molecule has 1 amide bonds. The smallest absolute Gasteiger partial charge is 0.254 e. The minimum atomic E-state index is 0.145. The van der Waals surface area contributed by atoms with Crippen LogP contribution in [-0.2, 0) is 0 Å². The zero-order valence-electron chi connectivity index (χ0n) is 12.2. The van der Waals surface area contributed by atoms with Crippen molar-refractivity contribution in [2.75, 3.05) is 13.7 Å². The van der Waals surface area contributed by atoms with Crippen molar-refractivity contribution < 1.29 is 9.53 Å². The van der Waals surface area contributed by atoms with Crippen LogP contribution in [0.1, 0.15) is 49.4 Å². The lowest BCUT2D eigenvalue weighted by atomic mass is 9.97. The fourth-order valence-electron chi connectivity index (χ4n) is 2.87. The number of carbonyl (C=O) groups is 1. The highest BCUT2D eigenvalue weighted by atomic mass is 79.9. The van der Waals surface area contributed by atoms with Gasteiger partial charge in [0.05, 0.1) is 11.6 Å². The van der Waals surface area contributed by atoms with Gasteiger partial charge in [-0.05, 0) is 59.8 Å². The van der Waals surface area contributed by atoms with Crippen LogP contribution in [0, 0.1) is 0 Å². The van der Waals surface area contributed by atoms with Gasteiger partial charge in [-0.1, -0.05) is 13.3 Å². The molecule has 0 saturated carbocycles. The summed E-state index contributed by atoms with van der Waals surface area (Å²) in [5.74, 6) is 0.900. The third-order valence-corrected chi connectivity index (χ3v) is 4.53. The molecule has 1 saturated heterocycles. The molecule has 0 N–H and O–H groups in total. The number of benzene rings is 1. The first-order valence-electron chi connectivity index (χ1n) is 7.32. The van der Waals surface area contributed by atoms with E-state index in [0.717, 1.165) is 48.0 Å². The van der Waals surface area contributed by atoms with E-state index >= 15 is 0 Å². The number of ether oxygens (including phenoxy) is 1. The molecule has 4 heteroatoms. The van der Waals surface area contributed by atoms with Gasteiger partial charge in [-0.25, -0.2) is 0 Å². The van der Waals surface area contributed by atoms with Gasteiger partial charge in [0.1, 0.15) is 5.75 Å². The Morgan fingerprint density at radius 3 is 2.90 bits per heavy atom. The molecule has 1 heterocycles. The third kappa shape index (κ3) is 3.35. The first kappa shape index (κ1) is 15.4. The molecular weight excluding hydrogens is 318 g/mol. The summed E-state index contributed by atoms with van der Waals surface area (Å²) in [5, 5.41) is 0. The average molecular weight is 340 g/mol. The molecule has 1 unspecified atom stereocenters. The molecule has 1 aromatic carbocycles. The number of hydrogen-bond acceptors (Lipinski definition) is 2. The van der Waals surface area contributed by atoms with E-state index in [0.29, 0.717) is 6.04 Å². The van der Waals surface area contributed by atoms with Crippen molar-refractivity contribution in [3.05, 3.63) is 28.2 Å². The van der Waals surface area contributed by atoms with Crippen molar-refractivity contribution in [1.29, 1.82) is 0 Å². The first-order chi connectivity index (χ1) is 9.67. The van der Waals surface area contributed by atoms with Crippen molar-refractivity contribution in [2.45, 2.75) is 45.1 Å². The molecule has 110 valence electrons. The van der Waals surface area contributed by atoms with Crippen molar-refractivity contribution in [1.82, 2.24) is 4.90 Å². The van der Waals surface area contributed by atoms with E-state index in [1.165, 1.54) is 6.42 Å². The lowest BCUT2D eigenvalue weighted by Crippen LogP contribution is -2.43. The minimum Gasteiger partial charge on any atom is -0.496 e. The van der Waals surface area contributed by atoms with Gasteiger partial charge < -0.3 is 9.64 Å². The molecule has 0 radical (unpaired) electrons. The van der Waals surface area contributed by atoms with E-state index in [1.54, 1.807) is 7.11 Å². The van der Waals surface area contributed by atoms with Gasteiger partial charge in [0.2, 0.25) is 0 Å². The van der Waals surface area contributed by atoms with Crippen LogP contribution in [-0.4, -0.2) is 30.5 Å². The highest BCUT2D eigenvalue weighted by Crippen LogP contribution is 2.28. The summed E-state index contributed by atoms with van der Waals surface area (Å²) in [6, 6.07) is 5.96. The highest BCUT2D eigenvalue weighted by molar-refractivity contribution is 9.10. The normalized spacial score (nSPS) is 18.9. The first-order valence-corrected chi connectivity index (χ1v) is 8.11. The second-order valence-electron chi connectivity index (χ2n) is 5.29. The number of hydrogen-bond donors (Lipinski definition) is 0. The predicted octanol–water partition coefficient (Wildman–Crippen LogP) is 4.25. The molecule has 1 aliphatic rings. The Labute approximate surface area is 129 Å². The monoisotopic (exact) mass is 339 g/mol. The Morgan fingerprint density at radius 2 is 2.25 bits per heavy atom. The van der Waals surface area contributed by atoms with Gasteiger partial charge in [0.25, 0.3) is 5.91 Å². The van der Waals surface area contributed by atoms with Gasteiger partial charge in [-0.2, -0.15) is 0 Å². The summed E-state index contributed by atoms with van der Waals surface area (Å²) in [5.41, 5.74) is 0.737. The quantitative estimate of drug-likeness (QED) is 0.820. The maximum Gasteiger partial charge on any atom is 0.254 e. The van der Waals surface area contributed by atoms with Crippen molar-refractivity contribution in [3.8, 4) is 5.75 Å². The topological polar surface area (TPSA) is 29.5 Å². The number of rotatable bonds is 4. The number of halogens is 1. The molecule has 3 nitrogen and oxygen atoms in total. The Morgan fingerprint density at radius 1 is 1.45 bits per heavy atom. The van der Waals surface area contributed by atoms with E-state index < -0.39 is 0 Å². The Balaban J connectivity index is 2.18. The van der Waals surface area contributed by atoms with Gasteiger partial charge in [-0.3, -0.25) is 4.79 Å². The highest BCUT2D eigenvalue weighted by Gasteiger charge is 2.27. The minimum absolute atomic E-state index is 0.145. The van der Waals surface area contributed by atoms with Crippen LogP contribution in [0.2, 0.25) is 0 Å². The summed E-state index contributed by atoms with van der Waals surface area (Å²) >= 11 is 3.45. The maximum absolute atomic E-state index is 12.7. The Kier molecular flexibility index (Phi) is 5.46. The van der Waals surface area contributed by atoms with Crippen LogP contribution >= 0.6 is 15.9 Å². The molecule has 1 fully saturated rings. The average Bonchev–Trinajstić information content (AvgIpc) is 2.47. The van der Waals surface area contributed by atoms with Crippen LogP contribution in [0.3, 0.4) is 0 Å². The lowest BCUT2D eigenvalue weighted by molar-refractivity contribution is 0.0600. The molecule has 0 aromatic heterocycles. The SMILES string of the molecule is CCCC1CCCCN1C(=O)c1ccc(OC)c(Br)c1. The lowest BCUT2D eigenvalue weighted by Gasteiger charge is -2.36. The number of amides is 1. The largest absolute Gasteiger partial charge is 0.496 e. The molecule has 0 aliphatic carbocycles. The third-order valence-electron chi connectivity index (χ3n) is 3.91. The van der Waals surface area contributed by atoms with Crippen LogP contribution in [0.25, 0.3) is 0 Å². The van der Waals surface area contributed by atoms with E-state index in [9.17, 15) is 4.79 Å². The van der Waals surface area contributed by atoms with E-state index in [4.69, 9.17) is 4.74 Å². The van der Waals surface area contributed by atoms with Crippen molar-refractivity contribution >= 4 is 21.8 Å². The van der Waals surface area contributed by atoms with Crippen molar-refractivity contribution in [2.24, 2.45) is 0 Å². The van der Waals surface area contributed by atoms with Crippen LogP contribution in [0.15, 0.2) is 22.7 Å². The standard InChI is InChI=1S/C16H22BrNO2/c1-3-6-13-7-4-5-10-18(13)16(19)12-8-9-15(20-2)14(17)11-12/h8-9,11,13H,3-7,10H2,1-2H3. The summed E-state index contributed by atoms with van der Waals surface area (Å²) in [6.45, 7) is 3.06. The summed E-state index contributed by atoms with van der Waals surface area (Å²) in [6.07, 6.45) is 5.71. The van der Waals surface area contributed by atoms with Crippen LogP contribution in [0.4, 0.5) is 0 Å². The predicted molar refractivity (Wildman–Crippen MR) is 84.3 cm³/mol. The van der Waals surface area contributed by atoms with Gasteiger partial charge in [-0.15, -0.1) is 0 Å². The summed E-state index contributed by atoms with van der Waals surface area (Å²) in [7, 11) is 1.63. The second kappa shape index (κ2) is 7.11. The fourth-order valence-corrected chi connectivity index (χ4v) is 3.41. The summed E-state index contributed by atoms with van der Waals surface area (Å²) in [4.78, 5) is 14.8. The zero-order valence-corrected chi connectivity index (χ0v) is 13.8. The number of likely N-dealkylation sites (tertiary alicyclic amines) is 1. The molecule has 20 heavy (non-hydrogen) atoms. The van der Waals surface area contributed by atoms with Gasteiger partial charge in [0, 0.05) is 18.2 Å². The molecule has 2 rings (SSSR count). The number of piperidine rings is 1. The number of carbonyl (C=O) groups excluding carboxylic acids is 1. The van der Waals surface area contributed by atoms with Crippen molar-refractivity contribution in [3.63, 3.8) is 0 Å². The van der Waals surface area contributed by atoms with Crippen LogP contribution < -0.4 is 4.74 Å². The van der Waals surface area contributed by atoms with E-state index in [2.05, 4.69) is 27.8 Å². The Bertz CT molecular complexity index is 474. The molecule has 1 atom stereocenters. The fraction of sp³-hybridized carbons (Fsp3) is 0.562. The molecule has 0 spiro atoms. The van der Waals surface area contributed by atoms with Crippen LogP contribution in [0.5, 0.6) is 5.75 Å². The van der Waals surface area contributed by atoms with Gasteiger partial charge >= 0.3 is 0 Å². The van der Waals surface area contributed by atoms with E-state index in [-0.39, 0.29) is 5.91 Å². The second-order valence-corrected chi connectivity index (χ2v) is 6.14. The zero-order chi connectivity index (χ0) is 14.5. The molecular formula is C16H22BrNO2. The molecule has 0 bridgehead atoms.